The van der Waals surface area contributed by atoms with Crippen molar-refractivity contribution < 1.29 is 9.18 Å². The summed E-state index contributed by atoms with van der Waals surface area (Å²) in [6.45, 7) is 1.19. The minimum Gasteiger partial charge on any atom is -0.298 e. The Morgan fingerprint density at radius 3 is 2.30 bits per heavy atom. The molecule has 0 N–H and O–H groups in total. The van der Waals surface area contributed by atoms with E-state index in [1.807, 2.05) is 31.3 Å². The Labute approximate surface area is 134 Å². The highest BCUT2D eigenvalue weighted by Crippen LogP contribution is 2.21. The van der Waals surface area contributed by atoms with Crippen molar-refractivity contribution in [2.45, 2.75) is 0 Å². The van der Waals surface area contributed by atoms with Crippen LogP contribution >= 0.6 is 0 Å². The van der Waals surface area contributed by atoms with E-state index in [1.54, 1.807) is 24.5 Å². The van der Waals surface area contributed by atoms with Gasteiger partial charge in [0.2, 0.25) is 0 Å². The van der Waals surface area contributed by atoms with Gasteiger partial charge in [0.15, 0.2) is 5.78 Å². The van der Waals surface area contributed by atoms with Crippen LogP contribution in [0.5, 0.6) is 0 Å². The van der Waals surface area contributed by atoms with Crippen LogP contribution in [0.2, 0.25) is 0 Å². The maximum atomic E-state index is 13.0. The Morgan fingerprint density at radius 1 is 1.04 bits per heavy atom. The normalized spacial score (nSPS) is 19.5. The Hall–Kier alpha value is -2.59. The lowest BCUT2D eigenvalue weighted by atomic mass is 9.95. The third kappa shape index (κ3) is 3.79. The second-order valence-electron chi connectivity index (χ2n) is 5.68. The van der Waals surface area contributed by atoms with Gasteiger partial charge in [0, 0.05) is 36.6 Å². The Kier molecular flexibility index (Phi) is 4.44. The summed E-state index contributed by atoms with van der Waals surface area (Å²) in [5.41, 5.74) is 3.18. The highest BCUT2D eigenvalue weighted by molar-refractivity contribution is 6.14. The summed E-state index contributed by atoms with van der Waals surface area (Å²) in [5, 5.41) is 0. The minimum atomic E-state index is -0.281. The quantitative estimate of drug-likeness (QED) is 0.799. The number of benzene rings is 1. The number of hydrogen-bond acceptors (Lipinski definition) is 3. The third-order valence-electron chi connectivity index (χ3n) is 3.70. The molecule has 1 aromatic carbocycles. The summed E-state index contributed by atoms with van der Waals surface area (Å²) in [5.74, 6) is -0.243. The van der Waals surface area contributed by atoms with Crippen molar-refractivity contribution in [3.63, 3.8) is 0 Å². The predicted octanol–water partition coefficient (Wildman–Crippen LogP) is 3.20. The summed E-state index contributed by atoms with van der Waals surface area (Å²) in [6, 6.07) is 9.92. The second-order valence-corrected chi connectivity index (χ2v) is 5.68. The molecule has 0 bridgehead atoms. The molecule has 116 valence electrons. The molecule has 2 heterocycles. The van der Waals surface area contributed by atoms with E-state index in [-0.39, 0.29) is 11.6 Å². The molecule has 1 fully saturated rings. The molecule has 1 aromatic heterocycles. The van der Waals surface area contributed by atoms with Gasteiger partial charge in [-0.15, -0.1) is 0 Å². The van der Waals surface area contributed by atoms with Gasteiger partial charge in [-0.05, 0) is 48.5 Å². The number of carbonyl (C=O) groups is 1. The molecular weight excluding hydrogens is 291 g/mol. The SMILES string of the molecule is CN1CC(=Cc2cccnc2)C(=O)/C(=C/c2ccc(F)cc2)C1. The molecule has 0 atom stereocenters. The number of aromatic nitrogens is 1. The van der Waals surface area contributed by atoms with Crippen LogP contribution < -0.4 is 0 Å². The Morgan fingerprint density at radius 2 is 1.70 bits per heavy atom. The zero-order chi connectivity index (χ0) is 16.2. The summed E-state index contributed by atoms with van der Waals surface area (Å²) in [7, 11) is 1.97. The lowest BCUT2D eigenvalue weighted by Gasteiger charge is -2.26. The van der Waals surface area contributed by atoms with Crippen LogP contribution in [0, 0.1) is 5.82 Å². The summed E-state index contributed by atoms with van der Waals surface area (Å²) < 4.78 is 13.0. The van der Waals surface area contributed by atoms with Crippen LogP contribution in [0.25, 0.3) is 12.2 Å². The smallest absolute Gasteiger partial charge is 0.187 e. The van der Waals surface area contributed by atoms with Crippen LogP contribution in [0.1, 0.15) is 11.1 Å². The fraction of sp³-hybridized carbons (Fsp3) is 0.158. The van der Waals surface area contributed by atoms with Crippen molar-refractivity contribution in [3.05, 3.63) is 76.9 Å². The van der Waals surface area contributed by atoms with E-state index >= 15 is 0 Å². The van der Waals surface area contributed by atoms with Crippen LogP contribution in [0.3, 0.4) is 0 Å². The molecule has 0 unspecified atom stereocenters. The van der Waals surface area contributed by atoms with Gasteiger partial charge >= 0.3 is 0 Å². The molecule has 3 nitrogen and oxygen atoms in total. The molecule has 1 saturated heterocycles. The van der Waals surface area contributed by atoms with Gasteiger partial charge in [0.05, 0.1) is 0 Å². The first-order valence-corrected chi connectivity index (χ1v) is 7.42. The number of likely N-dealkylation sites (tertiary alicyclic amines) is 1. The van der Waals surface area contributed by atoms with E-state index in [1.165, 1.54) is 12.1 Å². The van der Waals surface area contributed by atoms with Gasteiger partial charge in [0.25, 0.3) is 0 Å². The lowest BCUT2D eigenvalue weighted by Crippen LogP contribution is -2.34. The van der Waals surface area contributed by atoms with Gasteiger partial charge in [-0.25, -0.2) is 4.39 Å². The van der Waals surface area contributed by atoms with E-state index in [2.05, 4.69) is 9.88 Å². The van der Waals surface area contributed by atoms with E-state index in [0.717, 1.165) is 16.7 Å². The van der Waals surface area contributed by atoms with E-state index in [0.29, 0.717) is 18.7 Å². The van der Waals surface area contributed by atoms with Crippen LogP contribution in [-0.2, 0) is 4.79 Å². The lowest BCUT2D eigenvalue weighted by molar-refractivity contribution is -0.113. The van der Waals surface area contributed by atoms with Crippen molar-refractivity contribution in [2.75, 3.05) is 20.1 Å². The van der Waals surface area contributed by atoms with Crippen LogP contribution in [-0.4, -0.2) is 35.8 Å². The minimum absolute atomic E-state index is 0.0382. The maximum absolute atomic E-state index is 13.0. The molecule has 1 aliphatic heterocycles. The second kappa shape index (κ2) is 6.67. The van der Waals surface area contributed by atoms with Gasteiger partial charge in [-0.2, -0.15) is 0 Å². The third-order valence-corrected chi connectivity index (χ3v) is 3.70. The first-order valence-electron chi connectivity index (χ1n) is 7.42. The van der Waals surface area contributed by atoms with E-state index in [4.69, 9.17) is 0 Å². The fourth-order valence-corrected chi connectivity index (χ4v) is 2.63. The molecule has 0 saturated carbocycles. The largest absolute Gasteiger partial charge is 0.298 e. The number of halogens is 1. The summed E-state index contributed by atoms with van der Waals surface area (Å²) in [4.78, 5) is 18.8. The number of pyridine rings is 1. The number of ketones is 1. The van der Waals surface area contributed by atoms with Gasteiger partial charge < -0.3 is 0 Å². The number of piperidine rings is 1. The number of hydrogen-bond donors (Lipinski definition) is 0. The number of Topliss-reactive ketones (excluding diaryl/α,β-unsaturated/α-hetero) is 1. The van der Waals surface area contributed by atoms with Crippen molar-refractivity contribution in [1.82, 2.24) is 9.88 Å². The van der Waals surface area contributed by atoms with Gasteiger partial charge in [0.1, 0.15) is 5.82 Å². The van der Waals surface area contributed by atoms with E-state index in [9.17, 15) is 9.18 Å². The van der Waals surface area contributed by atoms with E-state index < -0.39 is 0 Å². The molecule has 2 aromatic rings. The van der Waals surface area contributed by atoms with Crippen molar-refractivity contribution in [2.24, 2.45) is 0 Å². The Bertz CT molecular complexity index is 764. The highest BCUT2D eigenvalue weighted by atomic mass is 19.1. The highest BCUT2D eigenvalue weighted by Gasteiger charge is 2.23. The number of likely N-dealkylation sites (N-methyl/N-ethyl adjacent to an activating group) is 1. The molecule has 4 heteroatoms. The van der Waals surface area contributed by atoms with Crippen molar-refractivity contribution in [1.29, 1.82) is 0 Å². The zero-order valence-electron chi connectivity index (χ0n) is 12.9. The van der Waals surface area contributed by atoms with Crippen LogP contribution in [0.4, 0.5) is 4.39 Å². The Balaban J connectivity index is 1.91. The first-order chi connectivity index (χ1) is 11.1. The fourth-order valence-electron chi connectivity index (χ4n) is 2.63. The molecule has 1 aliphatic rings. The summed E-state index contributed by atoms with van der Waals surface area (Å²) >= 11 is 0. The molecule has 0 aliphatic carbocycles. The number of nitrogens with zero attached hydrogens (tertiary/aromatic N) is 2. The van der Waals surface area contributed by atoms with Gasteiger partial charge in [-0.3, -0.25) is 14.7 Å². The first kappa shape index (κ1) is 15.3. The molecular formula is C19H17FN2O. The van der Waals surface area contributed by atoms with Crippen LogP contribution in [0.15, 0.2) is 59.9 Å². The molecule has 0 amide bonds. The number of rotatable bonds is 2. The summed E-state index contributed by atoms with van der Waals surface area (Å²) in [6.07, 6.45) is 7.15. The average Bonchev–Trinajstić information content (AvgIpc) is 2.55. The van der Waals surface area contributed by atoms with Crippen molar-refractivity contribution in [3.8, 4) is 0 Å². The van der Waals surface area contributed by atoms with Crippen molar-refractivity contribution >= 4 is 17.9 Å². The topological polar surface area (TPSA) is 33.2 Å². The maximum Gasteiger partial charge on any atom is 0.187 e. The molecule has 0 spiro atoms. The molecule has 23 heavy (non-hydrogen) atoms. The molecule has 0 radical (unpaired) electrons. The predicted molar refractivity (Wildman–Crippen MR) is 89.1 cm³/mol. The standard InChI is InChI=1S/C19H17FN2O/c1-22-12-16(9-14-4-6-18(20)7-5-14)19(23)17(13-22)10-15-3-2-8-21-11-15/h2-11H,12-13H2,1H3/b16-9+,17-10?. The average molecular weight is 308 g/mol. The zero-order valence-corrected chi connectivity index (χ0v) is 12.9. The van der Waals surface area contributed by atoms with Gasteiger partial charge in [-0.1, -0.05) is 18.2 Å². The monoisotopic (exact) mass is 308 g/mol. The molecule has 3 rings (SSSR count). The number of carbonyl (C=O) groups excluding carboxylic acids is 1.